The molecule has 0 N–H and O–H groups in total. The van der Waals surface area contributed by atoms with Crippen molar-refractivity contribution >= 4 is 5.78 Å². The van der Waals surface area contributed by atoms with Crippen molar-refractivity contribution in [2.45, 2.75) is 46.1 Å². The molecule has 0 aliphatic carbocycles. The van der Waals surface area contributed by atoms with E-state index in [-0.39, 0.29) is 11.2 Å². The SMILES string of the molecule is CCC(=O)c1ccc(OCc2ccccc2)c(C(C)(C)C)c1. The normalized spacial score (nSPS) is 11.3. The number of carbonyl (C=O) groups excluding carboxylic acids is 1. The Hall–Kier alpha value is -2.09. The van der Waals surface area contributed by atoms with Crippen LogP contribution in [0.25, 0.3) is 0 Å². The molecule has 2 nitrogen and oxygen atoms in total. The van der Waals surface area contributed by atoms with Gasteiger partial charge in [-0.2, -0.15) is 0 Å². The Morgan fingerprint density at radius 3 is 2.32 bits per heavy atom. The van der Waals surface area contributed by atoms with Gasteiger partial charge < -0.3 is 4.74 Å². The standard InChI is InChI=1S/C20H24O2/c1-5-18(21)16-11-12-19(17(13-16)20(2,3)4)22-14-15-9-7-6-8-10-15/h6-13H,5,14H2,1-4H3. The fourth-order valence-corrected chi connectivity index (χ4v) is 2.35. The van der Waals surface area contributed by atoms with Crippen LogP contribution in [-0.4, -0.2) is 5.78 Å². The van der Waals surface area contributed by atoms with Crippen molar-refractivity contribution in [3.63, 3.8) is 0 Å². The van der Waals surface area contributed by atoms with Crippen LogP contribution in [0.5, 0.6) is 5.75 Å². The fraction of sp³-hybridized carbons (Fsp3) is 0.350. The van der Waals surface area contributed by atoms with E-state index in [0.29, 0.717) is 13.0 Å². The lowest BCUT2D eigenvalue weighted by atomic mass is 9.85. The van der Waals surface area contributed by atoms with Gasteiger partial charge in [0.2, 0.25) is 0 Å². The summed E-state index contributed by atoms with van der Waals surface area (Å²) in [5.41, 5.74) is 2.90. The highest BCUT2D eigenvalue weighted by atomic mass is 16.5. The van der Waals surface area contributed by atoms with E-state index in [1.54, 1.807) is 0 Å². The molecule has 0 saturated heterocycles. The van der Waals surface area contributed by atoms with Crippen LogP contribution in [0.3, 0.4) is 0 Å². The molecule has 2 heteroatoms. The Labute approximate surface area is 133 Å². The van der Waals surface area contributed by atoms with E-state index in [1.165, 1.54) is 0 Å². The largest absolute Gasteiger partial charge is 0.489 e. The second-order valence-electron chi connectivity index (χ2n) is 6.51. The third-order valence-corrected chi connectivity index (χ3v) is 3.67. The van der Waals surface area contributed by atoms with Crippen LogP contribution in [0.1, 0.15) is 55.6 Å². The molecule has 0 amide bonds. The van der Waals surface area contributed by atoms with Crippen molar-refractivity contribution in [1.29, 1.82) is 0 Å². The lowest BCUT2D eigenvalue weighted by Crippen LogP contribution is -2.15. The number of ether oxygens (including phenoxy) is 1. The smallest absolute Gasteiger partial charge is 0.162 e. The van der Waals surface area contributed by atoms with Gasteiger partial charge in [-0.05, 0) is 29.2 Å². The Morgan fingerprint density at radius 1 is 1.05 bits per heavy atom. The van der Waals surface area contributed by atoms with Crippen molar-refractivity contribution in [2.24, 2.45) is 0 Å². The summed E-state index contributed by atoms with van der Waals surface area (Å²) in [6.07, 6.45) is 0.522. The minimum absolute atomic E-state index is 0.0734. The van der Waals surface area contributed by atoms with Gasteiger partial charge in [-0.3, -0.25) is 4.79 Å². The maximum absolute atomic E-state index is 11.9. The molecule has 2 aromatic carbocycles. The van der Waals surface area contributed by atoms with Crippen LogP contribution in [0.4, 0.5) is 0 Å². The number of benzene rings is 2. The first-order valence-corrected chi connectivity index (χ1v) is 7.76. The molecule has 0 saturated carbocycles. The Balaban J connectivity index is 2.28. The van der Waals surface area contributed by atoms with Gasteiger partial charge in [0.05, 0.1) is 0 Å². The molecular formula is C20H24O2. The van der Waals surface area contributed by atoms with Crippen LogP contribution < -0.4 is 4.74 Å². The second kappa shape index (κ2) is 6.78. The first kappa shape index (κ1) is 16.3. The predicted molar refractivity (Wildman–Crippen MR) is 90.5 cm³/mol. The molecule has 2 aromatic rings. The molecule has 0 radical (unpaired) electrons. The predicted octanol–water partition coefficient (Wildman–Crippen LogP) is 5.16. The number of carbonyl (C=O) groups is 1. The van der Waals surface area contributed by atoms with Crippen molar-refractivity contribution in [3.8, 4) is 5.75 Å². The zero-order valence-corrected chi connectivity index (χ0v) is 13.8. The summed E-state index contributed by atoms with van der Waals surface area (Å²) >= 11 is 0. The molecule has 0 spiro atoms. The minimum Gasteiger partial charge on any atom is -0.489 e. The highest BCUT2D eigenvalue weighted by Crippen LogP contribution is 2.33. The van der Waals surface area contributed by atoms with Gasteiger partial charge in [-0.15, -0.1) is 0 Å². The van der Waals surface area contributed by atoms with Crippen molar-refractivity contribution in [2.75, 3.05) is 0 Å². The molecule has 0 aromatic heterocycles. The van der Waals surface area contributed by atoms with Gasteiger partial charge in [0.25, 0.3) is 0 Å². The van der Waals surface area contributed by atoms with Gasteiger partial charge in [-0.1, -0.05) is 58.0 Å². The molecule has 0 fully saturated rings. The first-order chi connectivity index (χ1) is 10.4. The molecular weight excluding hydrogens is 272 g/mol. The number of hydrogen-bond acceptors (Lipinski definition) is 2. The summed E-state index contributed by atoms with van der Waals surface area (Å²) in [6.45, 7) is 8.83. The van der Waals surface area contributed by atoms with E-state index in [9.17, 15) is 4.79 Å². The zero-order chi connectivity index (χ0) is 16.2. The van der Waals surface area contributed by atoms with Crippen molar-refractivity contribution in [1.82, 2.24) is 0 Å². The first-order valence-electron chi connectivity index (χ1n) is 7.76. The number of ketones is 1. The van der Waals surface area contributed by atoms with E-state index >= 15 is 0 Å². The Morgan fingerprint density at radius 2 is 1.73 bits per heavy atom. The number of hydrogen-bond donors (Lipinski definition) is 0. The van der Waals surface area contributed by atoms with Gasteiger partial charge in [0, 0.05) is 17.5 Å². The molecule has 0 atom stereocenters. The summed E-state index contributed by atoms with van der Waals surface area (Å²) in [5.74, 6) is 1.02. The molecule has 22 heavy (non-hydrogen) atoms. The maximum atomic E-state index is 11.9. The monoisotopic (exact) mass is 296 g/mol. The highest BCUT2D eigenvalue weighted by Gasteiger charge is 2.21. The minimum atomic E-state index is -0.0734. The molecule has 116 valence electrons. The molecule has 0 aliphatic heterocycles. The number of rotatable bonds is 5. The average molecular weight is 296 g/mol. The van der Waals surface area contributed by atoms with E-state index in [0.717, 1.165) is 22.4 Å². The van der Waals surface area contributed by atoms with Crippen LogP contribution in [0.2, 0.25) is 0 Å². The van der Waals surface area contributed by atoms with Crippen LogP contribution in [0, 0.1) is 0 Å². The van der Waals surface area contributed by atoms with Crippen molar-refractivity contribution in [3.05, 3.63) is 65.2 Å². The number of Topliss-reactive ketones (excluding diaryl/α,β-unsaturated/α-hetero) is 1. The zero-order valence-electron chi connectivity index (χ0n) is 13.8. The molecule has 2 rings (SSSR count). The molecule has 0 aliphatic rings. The Kier molecular flexibility index (Phi) is 5.02. The van der Waals surface area contributed by atoms with E-state index < -0.39 is 0 Å². The summed E-state index contributed by atoms with van der Waals surface area (Å²) in [7, 11) is 0. The third-order valence-electron chi connectivity index (χ3n) is 3.67. The summed E-state index contributed by atoms with van der Waals surface area (Å²) in [5, 5.41) is 0. The summed E-state index contributed by atoms with van der Waals surface area (Å²) in [4.78, 5) is 11.9. The lowest BCUT2D eigenvalue weighted by molar-refractivity contribution is 0.0988. The summed E-state index contributed by atoms with van der Waals surface area (Å²) in [6, 6.07) is 15.9. The van der Waals surface area contributed by atoms with Crippen LogP contribution >= 0.6 is 0 Å². The molecule has 0 heterocycles. The third kappa shape index (κ3) is 3.97. The molecule has 0 unspecified atom stereocenters. The van der Waals surface area contributed by atoms with Gasteiger partial charge in [-0.25, -0.2) is 0 Å². The van der Waals surface area contributed by atoms with Crippen LogP contribution in [-0.2, 0) is 12.0 Å². The topological polar surface area (TPSA) is 26.3 Å². The highest BCUT2D eigenvalue weighted by molar-refractivity contribution is 5.96. The van der Waals surface area contributed by atoms with Gasteiger partial charge in [0.15, 0.2) is 5.78 Å². The fourth-order valence-electron chi connectivity index (χ4n) is 2.35. The van der Waals surface area contributed by atoms with Crippen LogP contribution in [0.15, 0.2) is 48.5 Å². The maximum Gasteiger partial charge on any atom is 0.162 e. The lowest BCUT2D eigenvalue weighted by Gasteiger charge is -2.23. The van der Waals surface area contributed by atoms with Crippen molar-refractivity contribution < 1.29 is 9.53 Å². The average Bonchev–Trinajstić information content (AvgIpc) is 2.52. The van der Waals surface area contributed by atoms with E-state index in [4.69, 9.17) is 4.74 Å². The van der Waals surface area contributed by atoms with E-state index in [1.807, 2.05) is 55.5 Å². The second-order valence-corrected chi connectivity index (χ2v) is 6.51. The van der Waals surface area contributed by atoms with Gasteiger partial charge >= 0.3 is 0 Å². The quantitative estimate of drug-likeness (QED) is 0.713. The summed E-state index contributed by atoms with van der Waals surface area (Å²) < 4.78 is 6.01. The van der Waals surface area contributed by atoms with E-state index in [2.05, 4.69) is 20.8 Å². The van der Waals surface area contributed by atoms with Gasteiger partial charge in [0.1, 0.15) is 12.4 Å². The Bertz CT molecular complexity index is 637. The molecule has 0 bridgehead atoms.